The Kier molecular flexibility index (Phi) is 3.88. The molecule has 0 unspecified atom stereocenters. The van der Waals surface area contributed by atoms with Gasteiger partial charge in [0.05, 0.1) is 6.04 Å². The SMILES string of the molecule is C#CC(=O)N1[C@@H](c2ccc(F)c(F)c2)C2=C(C[C@@H]1C)c1ccccc1C2. The second kappa shape index (κ2) is 6.10. The lowest BCUT2D eigenvalue weighted by molar-refractivity contribution is -0.129. The molecule has 0 saturated heterocycles. The summed E-state index contributed by atoms with van der Waals surface area (Å²) in [7, 11) is 0. The lowest BCUT2D eigenvalue weighted by atomic mass is 9.85. The van der Waals surface area contributed by atoms with Crippen LogP contribution in [0.4, 0.5) is 8.78 Å². The molecule has 1 aliphatic heterocycles. The average molecular weight is 349 g/mol. The van der Waals surface area contributed by atoms with Crippen molar-refractivity contribution in [2.24, 2.45) is 0 Å². The van der Waals surface area contributed by atoms with Gasteiger partial charge in [-0.25, -0.2) is 8.78 Å². The number of hydrogen-bond donors (Lipinski definition) is 0. The van der Waals surface area contributed by atoms with Gasteiger partial charge in [0, 0.05) is 6.04 Å². The first-order valence-electron chi connectivity index (χ1n) is 8.55. The quantitative estimate of drug-likeness (QED) is 0.704. The molecule has 0 N–H and O–H groups in total. The van der Waals surface area contributed by atoms with Crippen molar-refractivity contribution in [1.29, 1.82) is 0 Å². The van der Waals surface area contributed by atoms with E-state index in [1.54, 1.807) is 4.90 Å². The molecule has 2 atom stereocenters. The summed E-state index contributed by atoms with van der Waals surface area (Å²) in [5, 5.41) is 0. The van der Waals surface area contributed by atoms with Crippen molar-refractivity contribution in [3.05, 3.63) is 76.4 Å². The molecule has 1 heterocycles. The van der Waals surface area contributed by atoms with Crippen LogP contribution in [0.5, 0.6) is 0 Å². The molecule has 2 aromatic rings. The van der Waals surface area contributed by atoms with Gasteiger partial charge in [-0.15, -0.1) is 6.42 Å². The third-order valence-electron chi connectivity index (χ3n) is 5.31. The molecule has 2 aliphatic rings. The number of halogens is 2. The van der Waals surface area contributed by atoms with Crippen molar-refractivity contribution in [2.75, 3.05) is 0 Å². The molecule has 4 rings (SSSR count). The highest BCUT2D eigenvalue weighted by Crippen LogP contribution is 2.48. The normalized spacial score (nSPS) is 21.2. The highest BCUT2D eigenvalue weighted by Gasteiger charge is 2.40. The number of rotatable bonds is 1. The van der Waals surface area contributed by atoms with Gasteiger partial charge in [0.25, 0.3) is 5.91 Å². The Labute approximate surface area is 151 Å². The predicted molar refractivity (Wildman–Crippen MR) is 95.9 cm³/mol. The van der Waals surface area contributed by atoms with E-state index in [0.29, 0.717) is 18.4 Å². The number of benzene rings is 2. The molecule has 0 bridgehead atoms. The number of terminal acetylenes is 1. The van der Waals surface area contributed by atoms with E-state index < -0.39 is 23.6 Å². The molecular formula is C22H17F2NO. The number of carbonyl (C=O) groups excluding carboxylic acids is 1. The fourth-order valence-electron chi connectivity index (χ4n) is 4.21. The molecular weight excluding hydrogens is 332 g/mol. The predicted octanol–water partition coefficient (Wildman–Crippen LogP) is 4.27. The minimum Gasteiger partial charge on any atom is -0.318 e. The molecule has 4 heteroatoms. The van der Waals surface area contributed by atoms with Crippen LogP contribution in [0.15, 0.2) is 48.0 Å². The monoisotopic (exact) mass is 349 g/mol. The number of nitrogens with zero attached hydrogens (tertiary/aromatic N) is 1. The molecule has 1 amide bonds. The van der Waals surface area contributed by atoms with Gasteiger partial charge >= 0.3 is 0 Å². The molecule has 2 aromatic carbocycles. The Morgan fingerprint density at radius 2 is 1.96 bits per heavy atom. The lowest BCUT2D eigenvalue weighted by Crippen LogP contribution is -2.44. The van der Waals surface area contributed by atoms with Gasteiger partial charge in [-0.3, -0.25) is 4.79 Å². The van der Waals surface area contributed by atoms with Crippen LogP contribution in [0.25, 0.3) is 5.57 Å². The van der Waals surface area contributed by atoms with Crippen LogP contribution in [-0.4, -0.2) is 16.8 Å². The van der Waals surface area contributed by atoms with E-state index in [0.717, 1.165) is 11.6 Å². The summed E-state index contributed by atoms with van der Waals surface area (Å²) in [5.41, 5.74) is 5.13. The Bertz CT molecular complexity index is 986. The number of carbonyl (C=O) groups is 1. The average Bonchev–Trinajstić information content (AvgIpc) is 3.00. The van der Waals surface area contributed by atoms with Gasteiger partial charge in [0.2, 0.25) is 0 Å². The van der Waals surface area contributed by atoms with Gasteiger partial charge in [0.1, 0.15) is 0 Å². The molecule has 130 valence electrons. The van der Waals surface area contributed by atoms with Crippen LogP contribution in [0.2, 0.25) is 0 Å². The van der Waals surface area contributed by atoms with E-state index in [4.69, 9.17) is 6.42 Å². The zero-order chi connectivity index (χ0) is 18.4. The van der Waals surface area contributed by atoms with E-state index in [-0.39, 0.29) is 6.04 Å². The molecule has 0 aromatic heterocycles. The molecule has 26 heavy (non-hydrogen) atoms. The Balaban J connectivity index is 1.90. The maximum absolute atomic E-state index is 13.9. The van der Waals surface area contributed by atoms with Crippen LogP contribution in [0, 0.1) is 24.0 Å². The minimum atomic E-state index is -0.925. The van der Waals surface area contributed by atoms with E-state index in [1.807, 2.05) is 19.1 Å². The maximum Gasteiger partial charge on any atom is 0.299 e. The Hall–Kier alpha value is -2.93. The second-order valence-corrected chi connectivity index (χ2v) is 6.82. The van der Waals surface area contributed by atoms with Crippen molar-refractivity contribution < 1.29 is 13.6 Å². The number of amides is 1. The zero-order valence-corrected chi connectivity index (χ0v) is 14.3. The Morgan fingerprint density at radius 1 is 1.19 bits per heavy atom. The van der Waals surface area contributed by atoms with E-state index >= 15 is 0 Å². The van der Waals surface area contributed by atoms with Gasteiger partial charge in [-0.05, 0) is 65.7 Å². The number of hydrogen-bond acceptors (Lipinski definition) is 1. The standard InChI is InChI=1S/C22H17F2NO/c1-3-21(26)25-13(2)10-17-16-7-5-4-6-14(16)11-18(17)22(25)15-8-9-19(23)20(24)12-15/h1,4-9,12-13,22H,10-11H2,2H3/t13-,22-/m0/s1. The highest BCUT2D eigenvalue weighted by atomic mass is 19.2. The Morgan fingerprint density at radius 3 is 2.69 bits per heavy atom. The highest BCUT2D eigenvalue weighted by molar-refractivity contribution is 5.95. The van der Waals surface area contributed by atoms with Crippen LogP contribution in [0.3, 0.4) is 0 Å². The first-order valence-corrected chi connectivity index (χ1v) is 8.55. The zero-order valence-electron chi connectivity index (χ0n) is 14.3. The summed E-state index contributed by atoms with van der Waals surface area (Å²) >= 11 is 0. The van der Waals surface area contributed by atoms with Crippen molar-refractivity contribution in [1.82, 2.24) is 4.90 Å². The molecule has 0 radical (unpaired) electrons. The molecule has 0 saturated carbocycles. The number of fused-ring (bicyclic) bond motifs is 2. The fraction of sp³-hybridized carbons (Fsp3) is 0.227. The summed E-state index contributed by atoms with van der Waals surface area (Å²) in [6.45, 7) is 1.94. The van der Waals surface area contributed by atoms with Gasteiger partial charge in [-0.1, -0.05) is 30.3 Å². The summed E-state index contributed by atoms with van der Waals surface area (Å²) in [4.78, 5) is 14.1. The third-order valence-corrected chi connectivity index (χ3v) is 5.31. The lowest BCUT2D eigenvalue weighted by Gasteiger charge is -2.41. The van der Waals surface area contributed by atoms with Crippen molar-refractivity contribution in [3.63, 3.8) is 0 Å². The van der Waals surface area contributed by atoms with Crippen molar-refractivity contribution in [2.45, 2.75) is 31.8 Å². The van der Waals surface area contributed by atoms with Crippen molar-refractivity contribution >= 4 is 11.5 Å². The molecule has 0 spiro atoms. The minimum absolute atomic E-state index is 0.137. The summed E-state index contributed by atoms with van der Waals surface area (Å²) in [5.74, 6) is -0.0777. The molecule has 1 aliphatic carbocycles. The first-order chi connectivity index (χ1) is 12.5. The summed E-state index contributed by atoms with van der Waals surface area (Å²) in [6.07, 6.45) is 6.76. The van der Waals surface area contributed by atoms with Gasteiger partial charge < -0.3 is 4.90 Å². The van der Waals surface area contributed by atoms with Crippen LogP contribution < -0.4 is 0 Å². The van der Waals surface area contributed by atoms with Crippen LogP contribution in [-0.2, 0) is 11.2 Å². The molecule has 2 nitrogen and oxygen atoms in total. The first kappa shape index (κ1) is 16.5. The van der Waals surface area contributed by atoms with Crippen LogP contribution in [0.1, 0.15) is 36.1 Å². The van der Waals surface area contributed by atoms with E-state index in [2.05, 4.69) is 18.1 Å². The van der Waals surface area contributed by atoms with E-state index in [1.165, 1.54) is 28.8 Å². The summed E-state index contributed by atoms with van der Waals surface area (Å²) in [6, 6.07) is 11.3. The fourth-order valence-corrected chi connectivity index (χ4v) is 4.21. The van der Waals surface area contributed by atoms with Crippen LogP contribution >= 0.6 is 0 Å². The van der Waals surface area contributed by atoms with Gasteiger partial charge in [-0.2, -0.15) is 0 Å². The second-order valence-electron chi connectivity index (χ2n) is 6.82. The van der Waals surface area contributed by atoms with Crippen molar-refractivity contribution in [3.8, 4) is 12.3 Å². The summed E-state index contributed by atoms with van der Waals surface area (Å²) < 4.78 is 27.4. The van der Waals surface area contributed by atoms with Gasteiger partial charge in [0.15, 0.2) is 11.6 Å². The third kappa shape index (κ3) is 2.43. The smallest absolute Gasteiger partial charge is 0.299 e. The topological polar surface area (TPSA) is 20.3 Å². The molecule has 0 fully saturated rings. The largest absolute Gasteiger partial charge is 0.318 e. The van der Waals surface area contributed by atoms with E-state index in [9.17, 15) is 13.6 Å². The maximum atomic E-state index is 13.9.